The van der Waals surface area contributed by atoms with E-state index in [0.29, 0.717) is 6.07 Å². The molecule has 35 heavy (non-hydrogen) atoms. The molecular formula is C23H16F7N5. The van der Waals surface area contributed by atoms with Gasteiger partial charge in [0.1, 0.15) is 23.8 Å². The first-order valence-corrected chi connectivity index (χ1v) is 10.1. The highest BCUT2D eigenvalue weighted by Crippen LogP contribution is 2.34. The Morgan fingerprint density at radius 1 is 1.00 bits per heavy atom. The monoisotopic (exact) mass is 495 g/mol. The number of rotatable bonds is 5. The molecule has 0 saturated heterocycles. The Bertz CT molecular complexity index is 1470. The first kappa shape index (κ1) is 24.3. The standard InChI is InChI=1S/C23H16F7N5/c1-23(2,21(29)30)4-3-12-5-13(24)7-15(6-12)34(10-18(27)28)20-16-8-14(25)9-17(26)19(16)35-11-31-33-22(35)32-20/h5-9,11,18,21H,10H2,1-2H3. The van der Waals surface area contributed by atoms with E-state index < -0.39 is 42.3 Å². The summed E-state index contributed by atoms with van der Waals surface area (Å²) in [6.07, 6.45) is -4.64. The van der Waals surface area contributed by atoms with Crippen LogP contribution in [0, 0.1) is 34.7 Å². The van der Waals surface area contributed by atoms with E-state index in [4.69, 9.17) is 0 Å². The summed E-state index contributed by atoms with van der Waals surface area (Å²) < 4.78 is 97.9. The van der Waals surface area contributed by atoms with E-state index >= 15 is 0 Å². The van der Waals surface area contributed by atoms with Gasteiger partial charge in [0.15, 0.2) is 5.82 Å². The average molecular weight is 495 g/mol. The van der Waals surface area contributed by atoms with E-state index in [1.165, 1.54) is 19.9 Å². The summed E-state index contributed by atoms with van der Waals surface area (Å²) in [6, 6.07) is 4.53. The normalized spacial score (nSPS) is 12.0. The number of hydrogen-bond acceptors (Lipinski definition) is 4. The van der Waals surface area contributed by atoms with Gasteiger partial charge >= 0.3 is 0 Å². The summed E-state index contributed by atoms with van der Waals surface area (Å²) in [6.45, 7) is 1.35. The van der Waals surface area contributed by atoms with Crippen LogP contribution in [-0.2, 0) is 0 Å². The summed E-state index contributed by atoms with van der Waals surface area (Å²) in [4.78, 5) is 4.99. The van der Waals surface area contributed by atoms with Crippen LogP contribution in [0.1, 0.15) is 19.4 Å². The zero-order valence-electron chi connectivity index (χ0n) is 18.2. The Hall–Kier alpha value is -3.88. The summed E-state index contributed by atoms with van der Waals surface area (Å²) in [5.74, 6) is 1.35. The number of hydrogen-bond donors (Lipinski definition) is 0. The van der Waals surface area contributed by atoms with Crippen LogP contribution >= 0.6 is 0 Å². The van der Waals surface area contributed by atoms with Gasteiger partial charge in [-0.3, -0.25) is 4.40 Å². The van der Waals surface area contributed by atoms with Crippen LogP contribution in [-0.4, -0.2) is 39.0 Å². The average Bonchev–Trinajstić information content (AvgIpc) is 3.23. The van der Waals surface area contributed by atoms with E-state index in [2.05, 4.69) is 27.0 Å². The first-order valence-electron chi connectivity index (χ1n) is 10.1. The van der Waals surface area contributed by atoms with Crippen molar-refractivity contribution in [2.45, 2.75) is 26.7 Å². The van der Waals surface area contributed by atoms with Crippen molar-refractivity contribution in [1.82, 2.24) is 19.6 Å². The van der Waals surface area contributed by atoms with Crippen molar-refractivity contribution in [2.75, 3.05) is 11.4 Å². The van der Waals surface area contributed by atoms with Crippen LogP contribution in [0.3, 0.4) is 0 Å². The third-order valence-electron chi connectivity index (χ3n) is 5.09. The highest BCUT2D eigenvalue weighted by Gasteiger charge is 2.27. The first-order chi connectivity index (χ1) is 16.5. The van der Waals surface area contributed by atoms with Gasteiger partial charge < -0.3 is 4.90 Å². The number of anilines is 2. The molecule has 12 heteroatoms. The molecule has 0 aliphatic rings. The van der Waals surface area contributed by atoms with Gasteiger partial charge in [-0.15, -0.1) is 10.2 Å². The second kappa shape index (κ2) is 9.05. The zero-order chi connectivity index (χ0) is 25.5. The van der Waals surface area contributed by atoms with E-state index in [1.807, 2.05) is 0 Å². The van der Waals surface area contributed by atoms with Gasteiger partial charge in [0.05, 0.1) is 17.5 Å². The molecule has 0 amide bonds. The van der Waals surface area contributed by atoms with Gasteiger partial charge in [-0.05, 0) is 38.1 Å². The SMILES string of the molecule is CC(C)(C#Cc1cc(F)cc(N(CC(F)F)c2nc3nncn3c3c(F)cc(F)cc23)c1)C(F)F. The molecule has 0 saturated carbocycles. The number of benzene rings is 2. The van der Waals surface area contributed by atoms with Crippen LogP contribution in [0.2, 0.25) is 0 Å². The van der Waals surface area contributed by atoms with Gasteiger partial charge in [0, 0.05) is 22.7 Å². The highest BCUT2D eigenvalue weighted by molar-refractivity contribution is 5.94. The summed E-state index contributed by atoms with van der Waals surface area (Å²) in [5, 5.41) is 7.14. The Morgan fingerprint density at radius 3 is 2.40 bits per heavy atom. The minimum absolute atomic E-state index is 0.0711. The zero-order valence-corrected chi connectivity index (χ0v) is 18.2. The highest BCUT2D eigenvalue weighted by atomic mass is 19.3. The molecule has 2 heterocycles. The molecule has 0 fully saturated rings. The van der Waals surface area contributed by atoms with Crippen molar-refractivity contribution in [3.8, 4) is 11.8 Å². The summed E-state index contributed by atoms with van der Waals surface area (Å²) in [7, 11) is 0. The van der Waals surface area contributed by atoms with Crippen molar-refractivity contribution in [1.29, 1.82) is 0 Å². The number of nitrogens with zero attached hydrogens (tertiary/aromatic N) is 5. The van der Waals surface area contributed by atoms with E-state index in [1.54, 1.807) is 0 Å². The number of alkyl halides is 4. The van der Waals surface area contributed by atoms with Crippen molar-refractivity contribution in [2.24, 2.45) is 5.41 Å². The molecule has 5 nitrogen and oxygen atoms in total. The lowest BCUT2D eigenvalue weighted by atomic mass is 9.95. The maximum atomic E-state index is 14.7. The lowest BCUT2D eigenvalue weighted by Gasteiger charge is -2.25. The minimum Gasteiger partial charge on any atom is -0.320 e. The molecule has 182 valence electrons. The van der Waals surface area contributed by atoms with Crippen molar-refractivity contribution in [3.05, 3.63) is 59.7 Å². The molecule has 4 aromatic rings. The van der Waals surface area contributed by atoms with E-state index in [9.17, 15) is 30.7 Å². The minimum atomic E-state index is -2.98. The Morgan fingerprint density at radius 2 is 1.71 bits per heavy atom. The predicted octanol–water partition coefficient (Wildman–Crippen LogP) is 5.74. The molecule has 2 aromatic carbocycles. The quantitative estimate of drug-likeness (QED) is 0.262. The van der Waals surface area contributed by atoms with Gasteiger partial charge in [-0.25, -0.2) is 30.7 Å². The molecule has 0 spiro atoms. The molecule has 2 aromatic heterocycles. The Kier molecular flexibility index (Phi) is 6.27. The van der Waals surface area contributed by atoms with Crippen LogP contribution < -0.4 is 4.90 Å². The number of aromatic nitrogens is 4. The van der Waals surface area contributed by atoms with Crippen LogP contribution in [0.4, 0.5) is 42.2 Å². The van der Waals surface area contributed by atoms with Crippen LogP contribution in [0.5, 0.6) is 0 Å². The maximum Gasteiger partial charge on any atom is 0.257 e. The number of halogens is 7. The molecule has 0 bridgehead atoms. The van der Waals surface area contributed by atoms with E-state index in [0.717, 1.165) is 33.8 Å². The molecule has 4 rings (SSSR count). The van der Waals surface area contributed by atoms with Crippen LogP contribution in [0.15, 0.2) is 36.7 Å². The van der Waals surface area contributed by atoms with Gasteiger partial charge in [0.2, 0.25) is 0 Å². The van der Waals surface area contributed by atoms with Gasteiger partial charge in [-0.1, -0.05) is 11.8 Å². The van der Waals surface area contributed by atoms with Crippen molar-refractivity contribution < 1.29 is 30.7 Å². The lowest BCUT2D eigenvalue weighted by molar-refractivity contribution is 0.0570. The topological polar surface area (TPSA) is 46.3 Å². The molecule has 0 aliphatic carbocycles. The third kappa shape index (κ3) is 4.84. The lowest BCUT2D eigenvalue weighted by Crippen LogP contribution is -2.26. The fourth-order valence-corrected chi connectivity index (χ4v) is 3.35. The van der Waals surface area contributed by atoms with Gasteiger partial charge in [-0.2, -0.15) is 4.98 Å². The molecule has 0 unspecified atom stereocenters. The molecular weight excluding hydrogens is 479 g/mol. The molecule has 0 atom stereocenters. The summed E-state index contributed by atoms with van der Waals surface area (Å²) >= 11 is 0. The largest absolute Gasteiger partial charge is 0.320 e. The third-order valence-corrected chi connectivity index (χ3v) is 5.09. The predicted molar refractivity (Wildman–Crippen MR) is 114 cm³/mol. The maximum absolute atomic E-state index is 14.7. The smallest absolute Gasteiger partial charge is 0.257 e. The van der Waals surface area contributed by atoms with Crippen molar-refractivity contribution in [3.63, 3.8) is 0 Å². The number of fused-ring (bicyclic) bond motifs is 3. The van der Waals surface area contributed by atoms with Gasteiger partial charge in [0.25, 0.3) is 18.6 Å². The van der Waals surface area contributed by atoms with Crippen LogP contribution in [0.25, 0.3) is 16.7 Å². The second-order valence-electron chi connectivity index (χ2n) is 8.19. The molecule has 0 radical (unpaired) electrons. The second-order valence-corrected chi connectivity index (χ2v) is 8.19. The van der Waals surface area contributed by atoms with Crippen molar-refractivity contribution >= 4 is 28.2 Å². The molecule has 0 N–H and O–H groups in total. The fraction of sp³-hybridized carbons (Fsp3) is 0.261. The molecule has 0 aliphatic heterocycles. The fourth-order valence-electron chi connectivity index (χ4n) is 3.35. The van der Waals surface area contributed by atoms with E-state index in [-0.39, 0.29) is 33.7 Å². The summed E-state index contributed by atoms with van der Waals surface area (Å²) in [5.41, 5.74) is -2.20. The Balaban J connectivity index is 1.95. The Labute approximate surface area is 194 Å².